The van der Waals surface area contributed by atoms with Crippen molar-refractivity contribution in [2.75, 3.05) is 0 Å². The smallest absolute Gasteiger partial charge is 0.273 e. The molecule has 13 heavy (non-hydrogen) atoms. The fraction of sp³-hybridized carbons (Fsp3) is 0. The first-order valence-electron chi connectivity index (χ1n) is 3.53. The van der Waals surface area contributed by atoms with Gasteiger partial charge in [0, 0.05) is 6.07 Å². The summed E-state index contributed by atoms with van der Waals surface area (Å²) in [5, 5.41) is 20.0. The molecule has 0 aliphatic carbocycles. The van der Waals surface area contributed by atoms with Gasteiger partial charge in [-0.15, -0.1) is 0 Å². The number of nitrogens with zero attached hydrogens (tertiary/aromatic N) is 1. The van der Waals surface area contributed by atoms with Crippen LogP contribution in [0.25, 0.3) is 11.0 Å². The van der Waals surface area contributed by atoms with Crippen LogP contribution in [0, 0.1) is 10.1 Å². The minimum atomic E-state index is -0.515. The highest BCUT2D eigenvalue weighted by Crippen LogP contribution is 2.29. The fourth-order valence-corrected chi connectivity index (χ4v) is 1.12. The number of fused-ring (bicyclic) bond motifs is 1. The van der Waals surface area contributed by atoms with E-state index in [9.17, 15) is 15.2 Å². The topological polar surface area (TPSA) is 76.5 Å². The Bertz CT molecular complexity index is 474. The SMILES string of the molecule is O=[N+]([O-])c1ccc2c(O)coc2c1. The van der Waals surface area contributed by atoms with Gasteiger partial charge in [-0.2, -0.15) is 0 Å². The Morgan fingerprint density at radius 2 is 2.23 bits per heavy atom. The van der Waals surface area contributed by atoms with Gasteiger partial charge < -0.3 is 9.52 Å². The Kier molecular flexibility index (Phi) is 1.45. The van der Waals surface area contributed by atoms with Crippen molar-refractivity contribution in [2.45, 2.75) is 0 Å². The Morgan fingerprint density at radius 3 is 2.92 bits per heavy atom. The molecule has 0 amide bonds. The van der Waals surface area contributed by atoms with Crippen molar-refractivity contribution in [1.82, 2.24) is 0 Å². The van der Waals surface area contributed by atoms with Gasteiger partial charge in [0.15, 0.2) is 5.75 Å². The molecule has 0 atom stereocenters. The molecule has 0 saturated carbocycles. The van der Waals surface area contributed by atoms with Gasteiger partial charge in [-0.05, 0) is 6.07 Å². The van der Waals surface area contributed by atoms with Gasteiger partial charge in [0.05, 0.1) is 16.4 Å². The summed E-state index contributed by atoms with van der Waals surface area (Å²) < 4.78 is 4.89. The number of nitro benzene ring substituents is 1. The standard InChI is InChI=1S/C8H5NO4/c10-7-4-13-8-3-5(9(11)12)1-2-6(7)8/h1-4,10H. The fourth-order valence-electron chi connectivity index (χ4n) is 1.12. The average Bonchev–Trinajstić information content (AvgIpc) is 2.47. The van der Waals surface area contributed by atoms with Crippen LogP contribution >= 0.6 is 0 Å². The molecule has 0 radical (unpaired) electrons. The maximum Gasteiger partial charge on any atom is 0.273 e. The van der Waals surface area contributed by atoms with E-state index < -0.39 is 4.92 Å². The molecule has 0 unspecified atom stereocenters. The molecular weight excluding hydrogens is 174 g/mol. The van der Waals surface area contributed by atoms with Crippen LogP contribution in [0.1, 0.15) is 0 Å². The minimum Gasteiger partial charge on any atom is -0.504 e. The number of non-ortho nitro benzene ring substituents is 1. The number of hydrogen-bond donors (Lipinski definition) is 1. The lowest BCUT2D eigenvalue weighted by Gasteiger charge is -1.90. The second-order valence-corrected chi connectivity index (χ2v) is 2.56. The molecule has 0 fully saturated rings. The third kappa shape index (κ3) is 1.10. The molecule has 0 bridgehead atoms. The van der Waals surface area contributed by atoms with Gasteiger partial charge in [0.2, 0.25) is 0 Å². The van der Waals surface area contributed by atoms with Crippen molar-refractivity contribution in [3.8, 4) is 5.75 Å². The molecule has 5 heteroatoms. The summed E-state index contributed by atoms with van der Waals surface area (Å²) >= 11 is 0. The molecule has 0 saturated heterocycles. The van der Waals surface area contributed by atoms with E-state index >= 15 is 0 Å². The molecule has 1 aromatic carbocycles. The van der Waals surface area contributed by atoms with Crippen LogP contribution < -0.4 is 0 Å². The molecule has 1 N–H and O–H groups in total. The maximum atomic E-state index is 10.4. The monoisotopic (exact) mass is 179 g/mol. The predicted molar refractivity (Wildman–Crippen MR) is 44.5 cm³/mol. The quantitative estimate of drug-likeness (QED) is 0.536. The van der Waals surface area contributed by atoms with Crippen LogP contribution in [0.3, 0.4) is 0 Å². The molecule has 66 valence electrons. The summed E-state index contributed by atoms with van der Waals surface area (Å²) in [5.74, 6) is -0.00935. The van der Waals surface area contributed by atoms with E-state index in [2.05, 4.69) is 0 Å². The molecule has 0 aliphatic heterocycles. The molecule has 0 aliphatic rings. The second-order valence-electron chi connectivity index (χ2n) is 2.56. The number of aromatic hydroxyl groups is 1. The number of hydrogen-bond acceptors (Lipinski definition) is 4. The first-order valence-corrected chi connectivity index (χ1v) is 3.53. The largest absolute Gasteiger partial charge is 0.504 e. The van der Waals surface area contributed by atoms with Crippen molar-refractivity contribution >= 4 is 16.7 Å². The zero-order valence-electron chi connectivity index (χ0n) is 6.43. The van der Waals surface area contributed by atoms with E-state index in [1.807, 2.05) is 0 Å². The van der Waals surface area contributed by atoms with Gasteiger partial charge >= 0.3 is 0 Å². The maximum absolute atomic E-state index is 10.4. The highest BCUT2D eigenvalue weighted by Gasteiger charge is 2.10. The molecule has 0 spiro atoms. The molecule has 1 aromatic heterocycles. The van der Waals surface area contributed by atoms with Crippen LogP contribution in [0.4, 0.5) is 5.69 Å². The number of benzene rings is 1. The highest BCUT2D eigenvalue weighted by atomic mass is 16.6. The van der Waals surface area contributed by atoms with Gasteiger partial charge in [0.1, 0.15) is 11.8 Å². The summed E-state index contributed by atoms with van der Waals surface area (Å²) in [6.45, 7) is 0. The third-order valence-electron chi connectivity index (χ3n) is 1.75. The third-order valence-corrected chi connectivity index (χ3v) is 1.75. The van der Waals surface area contributed by atoms with Gasteiger partial charge in [-0.1, -0.05) is 0 Å². The van der Waals surface area contributed by atoms with E-state index in [0.717, 1.165) is 6.26 Å². The van der Waals surface area contributed by atoms with E-state index in [-0.39, 0.29) is 11.4 Å². The zero-order chi connectivity index (χ0) is 9.42. The van der Waals surface area contributed by atoms with E-state index in [4.69, 9.17) is 4.42 Å². The summed E-state index contributed by atoms with van der Waals surface area (Å²) in [6, 6.07) is 4.04. The lowest BCUT2D eigenvalue weighted by atomic mass is 10.2. The average molecular weight is 179 g/mol. The normalized spacial score (nSPS) is 10.5. The first kappa shape index (κ1) is 7.60. The highest BCUT2D eigenvalue weighted by molar-refractivity contribution is 5.85. The van der Waals surface area contributed by atoms with Crippen LogP contribution in [0.5, 0.6) is 5.75 Å². The Hall–Kier alpha value is -2.04. The molecule has 5 nitrogen and oxygen atoms in total. The molecular formula is C8H5NO4. The van der Waals surface area contributed by atoms with E-state index in [1.54, 1.807) is 0 Å². The lowest BCUT2D eigenvalue weighted by Crippen LogP contribution is -1.85. The van der Waals surface area contributed by atoms with Crippen LogP contribution in [0.2, 0.25) is 0 Å². The van der Waals surface area contributed by atoms with Gasteiger partial charge in [-0.25, -0.2) is 0 Å². The van der Waals surface area contributed by atoms with Crippen LogP contribution in [-0.4, -0.2) is 10.0 Å². The first-order chi connectivity index (χ1) is 6.18. The van der Waals surface area contributed by atoms with E-state index in [0.29, 0.717) is 11.0 Å². The minimum absolute atomic E-state index is 0.00935. The van der Waals surface area contributed by atoms with Crippen molar-refractivity contribution in [3.05, 3.63) is 34.6 Å². The molecule has 1 heterocycles. The van der Waals surface area contributed by atoms with Crippen molar-refractivity contribution in [2.24, 2.45) is 0 Å². The van der Waals surface area contributed by atoms with Crippen molar-refractivity contribution in [1.29, 1.82) is 0 Å². The molecule has 2 aromatic rings. The number of nitro groups is 1. The lowest BCUT2D eigenvalue weighted by molar-refractivity contribution is -0.384. The molecule has 2 rings (SSSR count). The second kappa shape index (κ2) is 2.48. The number of rotatable bonds is 1. The summed E-state index contributed by atoms with van der Waals surface area (Å²) in [6.07, 6.45) is 1.15. The van der Waals surface area contributed by atoms with Crippen molar-refractivity contribution in [3.63, 3.8) is 0 Å². The van der Waals surface area contributed by atoms with Crippen LogP contribution in [0.15, 0.2) is 28.9 Å². The Balaban J connectivity index is 2.70. The van der Waals surface area contributed by atoms with Crippen LogP contribution in [-0.2, 0) is 0 Å². The predicted octanol–water partition coefficient (Wildman–Crippen LogP) is 2.05. The summed E-state index contributed by atoms with van der Waals surface area (Å²) in [5.41, 5.74) is 0.258. The Labute approximate surface area is 72.4 Å². The van der Waals surface area contributed by atoms with E-state index in [1.165, 1.54) is 18.2 Å². The zero-order valence-corrected chi connectivity index (χ0v) is 6.43. The van der Waals surface area contributed by atoms with Gasteiger partial charge in [-0.3, -0.25) is 10.1 Å². The summed E-state index contributed by atoms with van der Waals surface area (Å²) in [4.78, 5) is 9.84. The Morgan fingerprint density at radius 1 is 1.46 bits per heavy atom. The summed E-state index contributed by atoms with van der Waals surface area (Å²) in [7, 11) is 0. The van der Waals surface area contributed by atoms with Crippen molar-refractivity contribution < 1.29 is 14.4 Å². The van der Waals surface area contributed by atoms with Gasteiger partial charge in [0.25, 0.3) is 5.69 Å². The number of furan rings is 1.